The van der Waals surface area contributed by atoms with Crippen molar-refractivity contribution >= 4 is 33.2 Å². The Balaban J connectivity index is 3.42. The number of halogens is 4. The fourth-order valence-corrected chi connectivity index (χ4v) is 1.73. The highest BCUT2D eigenvalue weighted by molar-refractivity contribution is 9.10. The van der Waals surface area contributed by atoms with Crippen molar-refractivity contribution in [3.8, 4) is 0 Å². The Bertz CT molecular complexity index is 403. The Morgan fingerprint density at radius 3 is 2.67 bits per heavy atom. The fraction of sp³-hybridized carbons (Fsp3) is 0.286. The topological polar surface area (TPSA) is 56.0 Å². The standard InChI is InChI=1S/C7H4BrClF2N2O2/c8-6-5(13(14)15)4(7(10)11)1-3(2-9)12-6/h1,7H,2H2. The summed E-state index contributed by atoms with van der Waals surface area (Å²) in [4.78, 5) is 13.3. The highest BCUT2D eigenvalue weighted by Crippen LogP contribution is 2.34. The van der Waals surface area contributed by atoms with Crippen LogP contribution in [0.1, 0.15) is 17.7 Å². The number of hydrogen-bond acceptors (Lipinski definition) is 3. The van der Waals surface area contributed by atoms with E-state index >= 15 is 0 Å². The molecular formula is C7H4BrClF2N2O2. The number of pyridine rings is 1. The first-order valence-electron chi connectivity index (χ1n) is 3.65. The summed E-state index contributed by atoms with van der Waals surface area (Å²) in [6.07, 6.45) is -2.94. The van der Waals surface area contributed by atoms with Crippen LogP contribution in [0.5, 0.6) is 0 Å². The molecule has 1 aromatic heterocycles. The summed E-state index contributed by atoms with van der Waals surface area (Å²) in [5.41, 5.74) is -1.25. The Hall–Kier alpha value is -0.820. The van der Waals surface area contributed by atoms with Crippen molar-refractivity contribution in [3.05, 3.63) is 32.0 Å². The van der Waals surface area contributed by atoms with Crippen LogP contribution in [-0.2, 0) is 5.88 Å². The zero-order chi connectivity index (χ0) is 11.6. The molecule has 0 radical (unpaired) electrons. The molecule has 0 saturated carbocycles. The van der Waals surface area contributed by atoms with E-state index in [0.717, 1.165) is 6.07 Å². The van der Waals surface area contributed by atoms with Gasteiger partial charge in [0.25, 0.3) is 6.43 Å². The smallest absolute Gasteiger partial charge is 0.258 e. The largest absolute Gasteiger partial charge is 0.310 e. The Morgan fingerprint density at radius 1 is 1.67 bits per heavy atom. The molecule has 0 aliphatic rings. The van der Waals surface area contributed by atoms with Crippen LogP contribution in [0.15, 0.2) is 10.7 Å². The summed E-state index contributed by atoms with van der Waals surface area (Å²) in [5.74, 6) is -0.0870. The predicted octanol–water partition coefficient (Wildman–Crippen LogP) is 3.43. The lowest BCUT2D eigenvalue weighted by molar-refractivity contribution is -0.387. The van der Waals surface area contributed by atoms with Crippen LogP contribution in [0, 0.1) is 10.1 Å². The molecule has 15 heavy (non-hydrogen) atoms. The first kappa shape index (κ1) is 12.3. The first-order valence-corrected chi connectivity index (χ1v) is 4.98. The molecule has 82 valence electrons. The van der Waals surface area contributed by atoms with E-state index in [-0.39, 0.29) is 16.2 Å². The van der Waals surface area contributed by atoms with Gasteiger partial charge in [0.05, 0.1) is 16.5 Å². The number of alkyl halides is 3. The molecule has 0 aromatic carbocycles. The summed E-state index contributed by atoms with van der Waals surface area (Å²) in [7, 11) is 0. The fourth-order valence-electron chi connectivity index (χ4n) is 0.994. The zero-order valence-electron chi connectivity index (χ0n) is 7.08. The van der Waals surface area contributed by atoms with Gasteiger partial charge < -0.3 is 0 Å². The van der Waals surface area contributed by atoms with Crippen LogP contribution in [-0.4, -0.2) is 9.91 Å². The molecular weight excluding hydrogens is 297 g/mol. The van der Waals surface area contributed by atoms with Crippen LogP contribution >= 0.6 is 27.5 Å². The molecule has 0 unspecified atom stereocenters. The molecule has 8 heteroatoms. The van der Waals surface area contributed by atoms with E-state index in [2.05, 4.69) is 20.9 Å². The van der Waals surface area contributed by atoms with Crippen LogP contribution in [0.3, 0.4) is 0 Å². The van der Waals surface area contributed by atoms with Crippen molar-refractivity contribution < 1.29 is 13.7 Å². The van der Waals surface area contributed by atoms with E-state index in [1.54, 1.807) is 0 Å². The van der Waals surface area contributed by atoms with Gasteiger partial charge in [0.2, 0.25) is 0 Å². The number of aromatic nitrogens is 1. The van der Waals surface area contributed by atoms with E-state index in [1.165, 1.54) is 0 Å². The lowest BCUT2D eigenvalue weighted by Crippen LogP contribution is -2.01. The molecule has 1 heterocycles. The maximum atomic E-state index is 12.5. The van der Waals surface area contributed by atoms with Crippen molar-refractivity contribution in [1.29, 1.82) is 0 Å². The molecule has 1 rings (SSSR count). The van der Waals surface area contributed by atoms with E-state index in [0.29, 0.717) is 0 Å². The van der Waals surface area contributed by atoms with E-state index in [9.17, 15) is 18.9 Å². The van der Waals surface area contributed by atoms with Gasteiger partial charge in [-0.2, -0.15) is 0 Å². The van der Waals surface area contributed by atoms with Gasteiger partial charge in [-0.25, -0.2) is 13.8 Å². The van der Waals surface area contributed by atoms with Crippen LogP contribution < -0.4 is 0 Å². The van der Waals surface area contributed by atoms with Gasteiger partial charge in [-0.1, -0.05) is 0 Å². The SMILES string of the molecule is O=[N+]([O-])c1c(C(F)F)cc(CCl)nc1Br. The summed E-state index contributed by atoms with van der Waals surface area (Å²) in [6, 6.07) is 0.931. The minimum absolute atomic E-state index is 0.0870. The van der Waals surface area contributed by atoms with Gasteiger partial charge in [0, 0.05) is 0 Å². The summed E-state index contributed by atoms with van der Waals surface area (Å²) in [6.45, 7) is 0. The Kier molecular flexibility index (Phi) is 3.92. The zero-order valence-corrected chi connectivity index (χ0v) is 9.43. The maximum Gasteiger partial charge on any atom is 0.310 e. The second-order valence-corrected chi connectivity index (χ2v) is 3.55. The molecule has 0 aliphatic carbocycles. The van der Waals surface area contributed by atoms with E-state index in [1.807, 2.05) is 0 Å². The molecule has 0 N–H and O–H groups in total. The van der Waals surface area contributed by atoms with Gasteiger partial charge in [-0.15, -0.1) is 11.6 Å². The molecule has 0 saturated heterocycles. The predicted molar refractivity (Wildman–Crippen MR) is 53.1 cm³/mol. The molecule has 0 atom stereocenters. The lowest BCUT2D eigenvalue weighted by Gasteiger charge is -2.04. The maximum absolute atomic E-state index is 12.5. The summed E-state index contributed by atoms with van der Waals surface area (Å²) in [5, 5.41) is 10.5. The quantitative estimate of drug-likeness (QED) is 0.372. The molecule has 0 spiro atoms. The third kappa shape index (κ3) is 2.60. The van der Waals surface area contributed by atoms with Crippen LogP contribution in [0.25, 0.3) is 0 Å². The van der Waals surface area contributed by atoms with E-state index in [4.69, 9.17) is 11.6 Å². The van der Waals surface area contributed by atoms with Crippen LogP contribution in [0.2, 0.25) is 0 Å². The molecule has 0 aliphatic heterocycles. The normalized spacial score (nSPS) is 10.7. The van der Waals surface area contributed by atoms with Crippen molar-refractivity contribution in [1.82, 2.24) is 4.98 Å². The summed E-state index contributed by atoms with van der Waals surface area (Å²) < 4.78 is 24.7. The summed E-state index contributed by atoms with van der Waals surface area (Å²) >= 11 is 8.17. The molecule has 0 fully saturated rings. The van der Waals surface area contributed by atoms with Gasteiger partial charge in [-0.3, -0.25) is 10.1 Å². The third-order valence-electron chi connectivity index (χ3n) is 1.59. The number of rotatable bonds is 3. The third-order valence-corrected chi connectivity index (χ3v) is 2.41. The van der Waals surface area contributed by atoms with Gasteiger partial charge in [0.15, 0.2) is 4.60 Å². The molecule has 4 nitrogen and oxygen atoms in total. The van der Waals surface area contributed by atoms with Gasteiger partial charge in [-0.05, 0) is 22.0 Å². The number of hydrogen-bond donors (Lipinski definition) is 0. The minimum Gasteiger partial charge on any atom is -0.258 e. The van der Waals surface area contributed by atoms with E-state index < -0.39 is 22.6 Å². The number of nitrogens with zero attached hydrogens (tertiary/aromatic N) is 2. The van der Waals surface area contributed by atoms with Crippen molar-refractivity contribution in [2.75, 3.05) is 0 Å². The first-order chi connectivity index (χ1) is 6.97. The monoisotopic (exact) mass is 300 g/mol. The minimum atomic E-state index is -2.94. The van der Waals surface area contributed by atoms with Crippen molar-refractivity contribution in [2.45, 2.75) is 12.3 Å². The number of nitro groups is 1. The molecule has 0 bridgehead atoms. The van der Waals surface area contributed by atoms with Gasteiger partial charge >= 0.3 is 5.69 Å². The Labute approximate surface area is 96.5 Å². The second kappa shape index (κ2) is 4.80. The average molecular weight is 301 g/mol. The lowest BCUT2D eigenvalue weighted by atomic mass is 10.2. The Morgan fingerprint density at radius 2 is 2.27 bits per heavy atom. The highest BCUT2D eigenvalue weighted by atomic mass is 79.9. The highest BCUT2D eigenvalue weighted by Gasteiger charge is 2.26. The average Bonchev–Trinajstić information content (AvgIpc) is 2.15. The van der Waals surface area contributed by atoms with Gasteiger partial charge in [0.1, 0.15) is 5.56 Å². The molecule has 0 amide bonds. The molecule has 1 aromatic rings. The van der Waals surface area contributed by atoms with Crippen LogP contribution in [0.4, 0.5) is 14.5 Å². The second-order valence-electron chi connectivity index (χ2n) is 2.53. The van der Waals surface area contributed by atoms with Crippen molar-refractivity contribution in [3.63, 3.8) is 0 Å². The van der Waals surface area contributed by atoms with Crippen molar-refractivity contribution in [2.24, 2.45) is 0 Å².